The fourth-order valence-electron chi connectivity index (χ4n) is 5.01. The smallest absolute Gasteiger partial charge is 0.264 e. The second-order valence-corrected chi connectivity index (χ2v) is 13.2. The van der Waals surface area contributed by atoms with Crippen molar-refractivity contribution in [2.24, 2.45) is 0 Å². The van der Waals surface area contributed by atoms with Gasteiger partial charge in [0.05, 0.1) is 10.6 Å². The number of benzene rings is 4. The van der Waals surface area contributed by atoms with Crippen molar-refractivity contribution >= 4 is 27.5 Å². The van der Waals surface area contributed by atoms with Gasteiger partial charge in [0.1, 0.15) is 18.4 Å². The van der Waals surface area contributed by atoms with Crippen molar-refractivity contribution in [1.82, 2.24) is 10.2 Å². The molecule has 0 aromatic heterocycles. The van der Waals surface area contributed by atoms with Crippen LogP contribution in [0.5, 0.6) is 0 Å². The molecule has 0 heterocycles. The molecule has 0 spiro atoms. The minimum atomic E-state index is -4.38. The molecule has 0 saturated carbocycles. The Morgan fingerprint density at radius 2 is 1.47 bits per heavy atom. The molecule has 0 fully saturated rings. The highest BCUT2D eigenvalue weighted by atomic mass is 32.2. The van der Waals surface area contributed by atoms with E-state index in [1.807, 2.05) is 82.3 Å². The van der Waals surface area contributed by atoms with E-state index in [-0.39, 0.29) is 35.5 Å². The lowest BCUT2D eigenvalue weighted by atomic mass is 10.0. The van der Waals surface area contributed by atoms with Gasteiger partial charge in [-0.1, -0.05) is 96.9 Å². The SMILES string of the molecule is CC[C@@H](C)NC(=O)[C@@H](Cc1ccccc1)N(Cc1cccc(C)c1)C(=O)CN(c1ccccc1F)S(=O)(=O)c1ccc(C)cc1. The molecule has 45 heavy (non-hydrogen) atoms. The van der Waals surface area contributed by atoms with Gasteiger partial charge in [-0.25, -0.2) is 12.8 Å². The zero-order valence-electron chi connectivity index (χ0n) is 26.1. The standard InChI is InChI=1S/C36H40FN3O4S/c1-5-28(4)38-36(42)34(23-29-13-7-6-8-14-29)39(24-30-15-11-12-27(3)22-30)35(41)25-40(33-17-10-9-16-32(33)37)45(43,44)31-20-18-26(2)19-21-31/h6-22,28,34H,5,23-25H2,1-4H3,(H,38,42)/t28-,34-/m1/s1. The van der Waals surface area contributed by atoms with Crippen LogP contribution in [0.3, 0.4) is 0 Å². The summed E-state index contributed by atoms with van der Waals surface area (Å²) in [5.74, 6) is -1.79. The van der Waals surface area contributed by atoms with Gasteiger partial charge in [0, 0.05) is 19.0 Å². The number of carbonyl (C=O) groups excluding carboxylic acids is 2. The van der Waals surface area contributed by atoms with Crippen molar-refractivity contribution in [1.29, 1.82) is 0 Å². The van der Waals surface area contributed by atoms with E-state index >= 15 is 4.39 Å². The molecular weight excluding hydrogens is 589 g/mol. The summed E-state index contributed by atoms with van der Waals surface area (Å²) in [5.41, 5.74) is 3.17. The first-order valence-electron chi connectivity index (χ1n) is 15.0. The second-order valence-electron chi connectivity index (χ2n) is 11.3. The number of hydrogen-bond donors (Lipinski definition) is 1. The first kappa shape index (κ1) is 33.4. The minimum absolute atomic E-state index is 0.0433. The van der Waals surface area contributed by atoms with E-state index in [4.69, 9.17) is 0 Å². The molecule has 0 aliphatic rings. The Balaban J connectivity index is 1.82. The van der Waals surface area contributed by atoms with Crippen LogP contribution in [0.4, 0.5) is 10.1 Å². The van der Waals surface area contributed by atoms with E-state index in [0.29, 0.717) is 6.42 Å². The third kappa shape index (κ3) is 8.57. The largest absolute Gasteiger partial charge is 0.352 e. The molecule has 0 aliphatic carbocycles. The number of anilines is 1. The second kappa shape index (κ2) is 15.0. The van der Waals surface area contributed by atoms with Crippen molar-refractivity contribution in [3.63, 3.8) is 0 Å². The Hall–Kier alpha value is -4.50. The number of hydrogen-bond acceptors (Lipinski definition) is 4. The fourth-order valence-corrected chi connectivity index (χ4v) is 6.43. The predicted octanol–water partition coefficient (Wildman–Crippen LogP) is 6.19. The zero-order valence-corrected chi connectivity index (χ0v) is 26.9. The van der Waals surface area contributed by atoms with E-state index in [0.717, 1.165) is 32.6 Å². The number of nitrogens with zero attached hydrogens (tertiary/aromatic N) is 2. The summed E-state index contributed by atoms with van der Waals surface area (Å²) in [7, 11) is -4.38. The number of carbonyl (C=O) groups is 2. The van der Waals surface area contributed by atoms with Gasteiger partial charge in [-0.3, -0.25) is 13.9 Å². The van der Waals surface area contributed by atoms with Crippen LogP contribution in [-0.2, 0) is 32.6 Å². The Labute approximate surface area is 265 Å². The average Bonchev–Trinajstić information content (AvgIpc) is 3.02. The van der Waals surface area contributed by atoms with Crippen molar-refractivity contribution in [3.05, 3.63) is 131 Å². The lowest BCUT2D eigenvalue weighted by Crippen LogP contribution is -2.54. The normalized spacial score (nSPS) is 12.6. The lowest BCUT2D eigenvalue weighted by Gasteiger charge is -2.34. The van der Waals surface area contributed by atoms with Crippen molar-refractivity contribution in [2.45, 2.75) is 64.1 Å². The van der Waals surface area contributed by atoms with E-state index in [2.05, 4.69) is 5.32 Å². The Kier molecular flexibility index (Phi) is 11.1. The molecule has 1 N–H and O–H groups in total. The third-order valence-corrected chi connectivity index (χ3v) is 9.49. The molecule has 9 heteroatoms. The molecule has 4 rings (SSSR count). The molecule has 7 nitrogen and oxygen atoms in total. The van der Waals surface area contributed by atoms with E-state index < -0.39 is 34.3 Å². The van der Waals surface area contributed by atoms with Gasteiger partial charge < -0.3 is 10.2 Å². The van der Waals surface area contributed by atoms with E-state index in [1.165, 1.54) is 35.2 Å². The molecule has 0 radical (unpaired) electrons. The Bertz CT molecular complexity index is 1710. The summed E-state index contributed by atoms with van der Waals surface area (Å²) in [6.45, 7) is 6.93. The summed E-state index contributed by atoms with van der Waals surface area (Å²) in [6.07, 6.45) is 0.885. The van der Waals surface area contributed by atoms with Crippen LogP contribution in [-0.4, -0.2) is 43.8 Å². The maximum atomic E-state index is 15.3. The summed E-state index contributed by atoms with van der Waals surface area (Å²) in [6, 6.07) is 27.4. The number of rotatable bonds is 13. The first-order chi connectivity index (χ1) is 21.5. The molecule has 0 saturated heterocycles. The molecule has 2 atom stereocenters. The molecule has 2 amide bonds. The van der Waals surface area contributed by atoms with Crippen LogP contribution in [0.2, 0.25) is 0 Å². The summed E-state index contributed by atoms with van der Waals surface area (Å²) in [5, 5.41) is 3.01. The number of para-hydroxylation sites is 1. The highest BCUT2D eigenvalue weighted by Gasteiger charge is 2.35. The van der Waals surface area contributed by atoms with E-state index in [9.17, 15) is 18.0 Å². The summed E-state index contributed by atoms with van der Waals surface area (Å²) < 4.78 is 44.1. The van der Waals surface area contributed by atoms with Crippen LogP contribution in [0.1, 0.15) is 42.5 Å². The molecule has 0 bridgehead atoms. The topological polar surface area (TPSA) is 86.8 Å². The molecule has 0 aliphatic heterocycles. The van der Waals surface area contributed by atoms with Gasteiger partial charge in [-0.15, -0.1) is 0 Å². The number of aryl methyl sites for hydroxylation is 2. The van der Waals surface area contributed by atoms with Crippen LogP contribution in [0, 0.1) is 19.7 Å². The average molecular weight is 630 g/mol. The lowest BCUT2D eigenvalue weighted by molar-refractivity contribution is -0.140. The van der Waals surface area contributed by atoms with Crippen LogP contribution in [0.25, 0.3) is 0 Å². The fraction of sp³-hybridized carbons (Fsp3) is 0.278. The van der Waals surface area contributed by atoms with Gasteiger partial charge in [0.15, 0.2) is 0 Å². The van der Waals surface area contributed by atoms with Crippen LogP contribution < -0.4 is 9.62 Å². The Morgan fingerprint density at radius 3 is 2.11 bits per heavy atom. The van der Waals surface area contributed by atoms with Gasteiger partial charge >= 0.3 is 0 Å². The monoisotopic (exact) mass is 629 g/mol. The zero-order chi connectivity index (χ0) is 32.6. The molecule has 4 aromatic carbocycles. The van der Waals surface area contributed by atoms with E-state index in [1.54, 1.807) is 12.1 Å². The molecular formula is C36H40FN3O4S. The highest BCUT2D eigenvalue weighted by Crippen LogP contribution is 2.27. The maximum absolute atomic E-state index is 15.3. The first-order valence-corrected chi connectivity index (χ1v) is 16.5. The van der Waals surface area contributed by atoms with Crippen LogP contribution >= 0.6 is 0 Å². The number of amides is 2. The van der Waals surface area contributed by atoms with Crippen LogP contribution in [0.15, 0.2) is 108 Å². The minimum Gasteiger partial charge on any atom is -0.352 e. The summed E-state index contributed by atoms with van der Waals surface area (Å²) >= 11 is 0. The number of halogens is 1. The van der Waals surface area contributed by atoms with Crippen molar-refractivity contribution < 1.29 is 22.4 Å². The quantitative estimate of drug-likeness (QED) is 0.191. The number of sulfonamides is 1. The van der Waals surface area contributed by atoms with Crippen molar-refractivity contribution in [2.75, 3.05) is 10.8 Å². The van der Waals surface area contributed by atoms with Gasteiger partial charge in [0.25, 0.3) is 10.0 Å². The van der Waals surface area contributed by atoms with Gasteiger partial charge in [-0.05, 0) is 62.6 Å². The maximum Gasteiger partial charge on any atom is 0.264 e. The van der Waals surface area contributed by atoms with Gasteiger partial charge in [0.2, 0.25) is 11.8 Å². The molecule has 0 unspecified atom stereocenters. The van der Waals surface area contributed by atoms with Gasteiger partial charge in [-0.2, -0.15) is 0 Å². The molecule has 4 aromatic rings. The predicted molar refractivity (Wildman–Crippen MR) is 176 cm³/mol. The molecule has 236 valence electrons. The Morgan fingerprint density at radius 1 is 0.822 bits per heavy atom. The summed E-state index contributed by atoms with van der Waals surface area (Å²) in [4.78, 5) is 29.7. The number of nitrogens with one attached hydrogen (secondary N) is 1. The highest BCUT2D eigenvalue weighted by molar-refractivity contribution is 7.92. The van der Waals surface area contributed by atoms with Crippen molar-refractivity contribution in [3.8, 4) is 0 Å². The third-order valence-electron chi connectivity index (χ3n) is 7.72.